The van der Waals surface area contributed by atoms with Gasteiger partial charge in [0.2, 0.25) is 11.8 Å². The van der Waals surface area contributed by atoms with E-state index in [1.54, 1.807) is 0 Å². The first kappa shape index (κ1) is 25.4. The van der Waals surface area contributed by atoms with Crippen molar-refractivity contribution in [1.29, 1.82) is 0 Å². The van der Waals surface area contributed by atoms with Crippen molar-refractivity contribution in [2.75, 3.05) is 26.2 Å². The van der Waals surface area contributed by atoms with Crippen LogP contribution in [0.15, 0.2) is 24.3 Å². The van der Waals surface area contributed by atoms with Crippen molar-refractivity contribution < 1.29 is 41.4 Å². The molecule has 1 amide bonds. The molecule has 2 heterocycles. The maximum absolute atomic E-state index is 12.9. The zero-order chi connectivity index (χ0) is 24.4. The van der Waals surface area contributed by atoms with Crippen LogP contribution < -0.4 is 5.32 Å². The lowest BCUT2D eigenvalue weighted by molar-refractivity contribution is -0.192. The number of nitrogens with one attached hydrogen (secondary N) is 1. The van der Waals surface area contributed by atoms with Gasteiger partial charge in [0.1, 0.15) is 0 Å². The molecule has 1 aliphatic carbocycles. The zero-order valence-corrected chi connectivity index (χ0v) is 18.1. The second-order valence-corrected chi connectivity index (χ2v) is 8.99. The summed E-state index contributed by atoms with van der Waals surface area (Å²) >= 11 is 0. The molecule has 3 aliphatic rings. The summed E-state index contributed by atoms with van der Waals surface area (Å²) in [5.74, 6) is -5.48. The molecule has 2 N–H and O–H groups in total. The molecule has 11 heteroatoms. The van der Waals surface area contributed by atoms with Gasteiger partial charge < -0.3 is 15.2 Å². The summed E-state index contributed by atoms with van der Waals surface area (Å²) in [4.78, 5) is 23.3. The van der Waals surface area contributed by atoms with E-state index in [0.717, 1.165) is 19.6 Å². The van der Waals surface area contributed by atoms with Crippen LogP contribution in [0.25, 0.3) is 0 Å². The fourth-order valence-corrected chi connectivity index (χ4v) is 4.51. The van der Waals surface area contributed by atoms with Crippen LogP contribution in [0.5, 0.6) is 0 Å². The molecule has 0 bridgehead atoms. The highest BCUT2D eigenvalue weighted by molar-refractivity contribution is 5.79. The van der Waals surface area contributed by atoms with Crippen molar-refractivity contribution in [3.8, 4) is 0 Å². The van der Waals surface area contributed by atoms with Crippen LogP contribution >= 0.6 is 0 Å². The number of hydrogen-bond acceptors (Lipinski definition) is 4. The van der Waals surface area contributed by atoms with Gasteiger partial charge in [-0.15, -0.1) is 0 Å². The lowest BCUT2D eigenvalue weighted by atomic mass is 9.80. The third kappa shape index (κ3) is 6.86. The number of rotatable bonds is 5. The molecular weight excluding hydrogens is 451 g/mol. The standard InChI is InChI=1S/C20H26F2N2O2.C2HF3O2/c1-13-3-2-4-14(5-13)9-24-10-17-16(12-26-18(17)11-24)8-23-19(25)15-6-20(21,22)7-15;3-2(4,5)1(6)7/h2-5,15-18H,6-12H2,1H3,(H,23,25);(H,6,7)/t16-,17-,18-;/m1./s1. The van der Waals surface area contributed by atoms with E-state index in [4.69, 9.17) is 14.6 Å². The number of fused-ring (bicyclic) bond motifs is 1. The van der Waals surface area contributed by atoms with Gasteiger partial charge in [0.15, 0.2) is 0 Å². The van der Waals surface area contributed by atoms with Gasteiger partial charge in [0.25, 0.3) is 0 Å². The number of ether oxygens (including phenoxy) is 1. The maximum Gasteiger partial charge on any atom is 0.490 e. The van der Waals surface area contributed by atoms with E-state index < -0.39 is 24.0 Å². The van der Waals surface area contributed by atoms with Gasteiger partial charge in [0.05, 0.1) is 12.7 Å². The van der Waals surface area contributed by atoms with Gasteiger partial charge in [-0.1, -0.05) is 29.8 Å². The Morgan fingerprint density at radius 1 is 1.24 bits per heavy atom. The molecule has 2 aliphatic heterocycles. The molecule has 4 rings (SSSR count). The molecule has 1 aromatic carbocycles. The maximum atomic E-state index is 12.9. The van der Waals surface area contributed by atoms with Crippen molar-refractivity contribution >= 4 is 11.9 Å². The summed E-state index contributed by atoms with van der Waals surface area (Å²) in [6.07, 6.45) is -5.48. The minimum atomic E-state index is -5.08. The summed E-state index contributed by atoms with van der Waals surface area (Å²) in [6.45, 7) is 6.06. The number of benzene rings is 1. The summed E-state index contributed by atoms with van der Waals surface area (Å²) < 4.78 is 63.5. The highest BCUT2D eigenvalue weighted by Gasteiger charge is 2.49. The Morgan fingerprint density at radius 2 is 1.91 bits per heavy atom. The van der Waals surface area contributed by atoms with Crippen molar-refractivity contribution in [2.45, 2.75) is 44.5 Å². The van der Waals surface area contributed by atoms with E-state index in [1.165, 1.54) is 11.1 Å². The second-order valence-electron chi connectivity index (χ2n) is 8.99. The van der Waals surface area contributed by atoms with Gasteiger partial charge >= 0.3 is 12.1 Å². The smallest absolute Gasteiger partial charge is 0.475 e. The fraction of sp³-hybridized carbons (Fsp3) is 0.636. The van der Waals surface area contributed by atoms with E-state index in [1.807, 2.05) is 0 Å². The Hall–Kier alpha value is -2.27. The molecule has 3 atom stereocenters. The predicted octanol–water partition coefficient (Wildman–Crippen LogP) is 3.24. The topological polar surface area (TPSA) is 78.9 Å². The van der Waals surface area contributed by atoms with Crippen LogP contribution in [0.1, 0.15) is 24.0 Å². The third-order valence-electron chi connectivity index (χ3n) is 6.25. The van der Waals surface area contributed by atoms with Crippen molar-refractivity contribution in [3.63, 3.8) is 0 Å². The summed E-state index contributed by atoms with van der Waals surface area (Å²) in [7, 11) is 0. The molecule has 2 saturated heterocycles. The number of alkyl halides is 5. The Balaban J connectivity index is 0.000000383. The average Bonchev–Trinajstić information content (AvgIpc) is 3.24. The highest BCUT2D eigenvalue weighted by atomic mass is 19.4. The quantitative estimate of drug-likeness (QED) is 0.636. The van der Waals surface area contributed by atoms with Gasteiger partial charge in [-0.25, -0.2) is 13.6 Å². The number of nitrogens with zero attached hydrogens (tertiary/aromatic N) is 1. The van der Waals surface area contributed by atoms with Gasteiger partial charge in [-0.3, -0.25) is 9.69 Å². The van der Waals surface area contributed by atoms with Crippen LogP contribution in [-0.4, -0.2) is 66.3 Å². The number of halogens is 5. The molecule has 6 nitrogen and oxygen atoms in total. The fourth-order valence-electron chi connectivity index (χ4n) is 4.51. The molecule has 3 fully saturated rings. The SMILES string of the molecule is Cc1cccc(CN2C[C@@H]3[C@H](CNC(=O)C4CC(F)(F)C4)CO[C@@H]3C2)c1.O=C(O)C(F)(F)F. The largest absolute Gasteiger partial charge is 0.490 e. The molecule has 1 aromatic rings. The first-order valence-electron chi connectivity index (χ1n) is 10.7. The second kappa shape index (κ2) is 9.92. The van der Waals surface area contributed by atoms with Gasteiger partial charge in [-0.2, -0.15) is 13.2 Å². The number of carbonyl (C=O) groups is 2. The van der Waals surface area contributed by atoms with Gasteiger partial charge in [0, 0.05) is 56.8 Å². The monoisotopic (exact) mass is 478 g/mol. The molecule has 0 spiro atoms. The minimum absolute atomic E-state index is 0.217. The average molecular weight is 478 g/mol. The predicted molar refractivity (Wildman–Crippen MR) is 108 cm³/mol. The van der Waals surface area contributed by atoms with Crippen LogP contribution in [0.3, 0.4) is 0 Å². The molecule has 0 radical (unpaired) electrons. The van der Waals surface area contributed by atoms with E-state index in [-0.39, 0.29) is 30.8 Å². The van der Waals surface area contributed by atoms with Crippen LogP contribution in [0.4, 0.5) is 22.0 Å². The number of amides is 1. The van der Waals surface area contributed by atoms with E-state index in [9.17, 15) is 26.7 Å². The third-order valence-corrected chi connectivity index (χ3v) is 6.25. The molecule has 1 saturated carbocycles. The van der Waals surface area contributed by atoms with E-state index >= 15 is 0 Å². The van der Waals surface area contributed by atoms with Crippen LogP contribution in [0, 0.1) is 24.7 Å². The Bertz CT molecular complexity index is 855. The van der Waals surface area contributed by atoms with E-state index in [0.29, 0.717) is 19.1 Å². The number of aryl methyl sites for hydroxylation is 1. The number of hydrogen-bond donors (Lipinski definition) is 2. The highest BCUT2D eigenvalue weighted by Crippen LogP contribution is 2.42. The van der Waals surface area contributed by atoms with Crippen LogP contribution in [-0.2, 0) is 20.9 Å². The van der Waals surface area contributed by atoms with Gasteiger partial charge in [-0.05, 0) is 12.5 Å². The van der Waals surface area contributed by atoms with Crippen LogP contribution in [0.2, 0.25) is 0 Å². The Kier molecular flexibility index (Phi) is 7.62. The summed E-state index contributed by atoms with van der Waals surface area (Å²) in [6, 6.07) is 8.54. The first-order chi connectivity index (χ1) is 15.3. The lowest BCUT2D eigenvalue weighted by Gasteiger charge is -2.34. The number of carboxylic acid groups (broad SMARTS) is 1. The van der Waals surface area contributed by atoms with Crippen molar-refractivity contribution in [3.05, 3.63) is 35.4 Å². The van der Waals surface area contributed by atoms with E-state index in [2.05, 4.69) is 41.4 Å². The molecule has 33 heavy (non-hydrogen) atoms. The van der Waals surface area contributed by atoms with Crippen molar-refractivity contribution in [1.82, 2.24) is 10.2 Å². The zero-order valence-electron chi connectivity index (χ0n) is 18.1. The number of likely N-dealkylation sites (tertiary alicyclic amines) is 1. The molecule has 0 unspecified atom stereocenters. The number of aliphatic carboxylic acids is 1. The molecule has 0 aromatic heterocycles. The summed E-state index contributed by atoms with van der Waals surface area (Å²) in [5, 5.41) is 10.0. The minimum Gasteiger partial charge on any atom is -0.475 e. The normalized spacial score (nSPS) is 26.7. The Labute approximate surface area is 188 Å². The molecule has 184 valence electrons. The number of carboxylic acids is 1. The lowest BCUT2D eigenvalue weighted by Crippen LogP contribution is -2.46. The molecular formula is C22H27F5N2O4. The Morgan fingerprint density at radius 3 is 2.48 bits per heavy atom. The first-order valence-corrected chi connectivity index (χ1v) is 10.7. The van der Waals surface area contributed by atoms with Crippen molar-refractivity contribution in [2.24, 2.45) is 17.8 Å². The summed E-state index contributed by atoms with van der Waals surface area (Å²) in [5.41, 5.74) is 2.57. The number of carbonyl (C=O) groups excluding carboxylic acids is 1.